The number of likely N-dealkylation sites (N-methyl/N-ethyl adjacent to an activating group) is 1. The van der Waals surface area contributed by atoms with E-state index in [-0.39, 0.29) is 36.1 Å². The van der Waals surface area contributed by atoms with E-state index in [1.54, 1.807) is 7.05 Å². The molecule has 0 unspecified atom stereocenters. The molecule has 0 bridgehead atoms. The van der Waals surface area contributed by atoms with Crippen molar-refractivity contribution < 1.29 is 18.7 Å². The van der Waals surface area contributed by atoms with Crippen molar-refractivity contribution in [3.05, 3.63) is 58.3 Å². The van der Waals surface area contributed by atoms with E-state index in [9.17, 15) is 14.0 Å². The van der Waals surface area contributed by atoms with Gasteiger partial charge in [0.1, 0.15) is 23.9 Å². The second-order valence-corrected chi connectivity index (χ2v) is 5.30. The van der Waals surface area contributed by atoms with Gasteiger partial charge in [-0.2, -0.15) is 5.10 Å². The average molecular weight is 349 g/mol. The van der Waals surface area contributed by atoms with Crippen molar-refractivity contribution in [2.24, 2.45) is 0 Å². The lowest BCUT2D eigenvalue weighted by Crippen LogP contribution is -2.34. The molecule has 2 rings (SSSR count). The first-order valence-corrected chi connectivity index (χ1v) is 7.72. The summed E-state index contributed by atoms with van der Waals surface area (Å²) in [4.78, 5) is 25.5. The van der Waals surface area contributed by atoms with E-state index in [0.717, 1.165) is 0 Å². The maximum absolute atomic E-state index is 12.8. The summed E-state index contributed by atoms with van der Waals surface area (Å²) in [7, 11) is 3.14. The van der Waals surface area contributed by atoms with Gasteiger partial charge in [0.15, 0.2) is 0 Å². The summed E-state index contributed by atoms with van der Waals surface area (Å²) in [6.45, 7) is 1.16. The van der Waals surface area contributed by atoms with Crippen molar-refractivity contribution in [2.45, 2.75) is 6.54 Å². The number of carbonyl (C=O) groups excluding carboxylic acids is 1. The van der Waals surface area contributed by atoms with Crippen LogP contribution in [0.3, 0.4) is 0 Å². The molecule has 0 aliphatic heterocycles. The average Bonchev–Trinajstić information content (AvgIpc) is 2.62. The third-order valence-electron chi connectivity index (χ3n) is 3.45. The van der Waals surface area contributed by atoms with E-state index in [1.807, 2.05) is 0 Å². The van der Waals surface area contributed by atoms with E-state index in [1.165, 1.54) is 53.1 Å². The van der Waals surface area contributed by atoms with Crippen LogP contribution in [0, 0.1) is 5.82 Å². The van der Waals surface area contributed by atoms with Crippen LogP contribution in [0.2, 0.25) is 0 Å². The number of hydrogen-bond donors (Lipinski definition) is 0. The highest BCUT2D eigenvalue weighted by molar-refractivity contribution is 5.91. The number of methoxy groups -OCH3 is 1. The molecule has 0 saturated carbocycles. The Labute approximate surface area is 144 Å². The van der Waals surface area contributed by atoms with Crippen LogP contribution in [-0.4, -0.2) is 54.5 Å². The molecule has 0 atom stereocenters. The van der Waals surface area contributed by atoms with E-state index in [2.05, 4.69) is 5.10 Å². The lowest BCUT2D eigenvalue weighted by atomic mass is 10.3. The number of rotatable bonds is 8. The minimum atomic E-state index is -0.339. The van der Waals surface area contributed by atoms with Crippen LogP contribution in [0.1, 0.15) is 10.5 Å². The first kappa shape index (κ1) is 18.6. The summed E-state index contributed by atoms with van der Waals surface area (Å²) in [5.41, 5.74) is -0.129. The van der Waals surface area contributed by atoms with Crippen LogP contribution in [0.25, 0.3) is 0 Å². The molecule has 7 nitrogen and oxygen atoms in total. The normalized spacial score (nSPS) is 10.5. The first-order valence-electron chi connectivity index (χ1n) is 7.72. The van der Waals surface area contributed by atoms with Gasteiger partial charge >= 0.3 is 0 Å². The molecular formula is C17H20FN3O4. The van der Waals surface area contributed by atoms with Crippen LogP contribution in [0.4, 0.5) is 4.39 Å². The Morgan fingerprint density at radius 3 is 2.60 bits per heavy atom. The molecule has 1 heterocycles. The quantitative estimate of drug-likeness (QED) is 0.715. The summed E-state index contributed by atoms with van der Waals surface area (Å²) in [6.07, 6.45) is 0. The maximum Gasteiger partial charge on any atom is 0.274 e. The number of halogens is 1. The molecule has 1 aromatic carbocycles. The van der Waals surface area contributed by atoms with Gasteiger partial charge in [0.05, 0.1) is 19.7 Å². The first-order chi connectivity index (χ1) is 12.0. The smallest absolute Gasteiger partial charge is 0.274 e. The molecule has 25 heavy (non-hydrogen) atoms. The summed E-state index contributed by atoms with van der Waals surface area (Å²) < 4.78 is 24.4. The van der Waals surface area contributed by atoms with Crippen LogP contribution >= 0.6 is 0 Å². The predicted molar refractivity (Wildman–Crippen MR) is 89.2 cm³/mol. The van der Waals surface area contributed by atoms with Gasteiger partial charge in [0.25, 0.3) is 11.5 Å². The molecule has 0 aliphatic carbocycles. The summed E-state index contributed by atoms with van der Waals surface area (Å²) in [5.74, 6) is -0.142. The van der Waals surface area contributed by atoms with Crippen molar-refractivity contribution in [3.63, 3.8) is 0 Å². The number of amides is 1. The molecule has 0 N–H and O–H groups in total. The van der Waals surface area contributed by atoms with Crippen LogP contribution in [0.5, 0.6) is 5.75 Å². The number of ether oxygens (including phenoxy) is 2. The molecule has 2 aromatic rings. The summed E-state index contributed by atoms with van der Waals surface area (Å²) in [6, 6.07) is 8.34. The maximum atomic E-state index is 12.8. The Balaban J connectivity index is 1.92. The Bertz CT molecular complexity index is 761. The molecule has 1 amide bonds. The monoisotopic (exact) mass is 349 g/mol. The van der Waals surface area contributed by atoms with E-state index in [4.69, 9.17) is 9.47 Å². The van der Waals surface area contributed by atoms with Gasteiger partial charge in [-0.05, 0) is 30.3 Å². The molecule has 0 aliphatic rings. The second kappa shape index (κ2) is 8.93. The van der Waals surface area contributed by atoms with E-state index < -0.39 is 0 Å². The Morgan fingerprint density at radius 1 is 1.20 bits per heavy atom. The van der Waals surface area contributed by atoms with Gasteiger partial charge in [0, 0.05) is 20.2 Å². The Hall–Kier alpha value is -2.74. The number of benzene rings is 1. The highest BCUT2D eigenvalue weighted by Crippen LogP contribution is 2.10. The number of hydrogen-bond acceptors (Lipinski definition) is 5. The zero-order valence-corrected chi connectivity index (χ0v) is 14.1. The fourth-order valence-corrected chi connectivity index (χ4v) is 2.03. The highest BCUT2D eigenvalue weighted by atomic mass is 19.1. The summed E-state index contributed by atoms with van der Waals surface area (Å²) in [5, 5.41) is 4.06. The Morgan fingerprint density at radius 2 is 1.92 bits per heavy atom. The molecule has 8 heteroatoms. The number of nitrogens with zero attached hydrogens (tertiary/aromatic N) is 3. The zero-order chi connectivity index (χ0) is 18.2. The fraction of sp³-hybridized carbons (Fsp3) is 0.353. The molecule has 134 valence electrons. The SMILES string of the molecule is COCCn1nc(C(=O)N(C)CCOc2ccc(F)cc2)ccc1=O. The highest BCUT2D eigenvalue weighted by Gasteiger charge is 2.14. The number of carbonyl (C=O) groups is 1. The van der Waals surface area contributed by atoms with Crippen LogP contribution in [-0.2, 0) is 11.3 Å². The molecule has 0 radical (unpaired) electrons. The van der Waals surface area contributed by atoms with Crippen molar-refractivity contribution in [2.75, 3.05) is 33.9 Å². The molecule has 0 spiro atoms. The summed E-state index contributed by atoms with van der Waals surface area (Å²) >= 11 is 0. The molecule has 0 saturated heterocycles. The minimum Gasteiger partial charge on any atom is -0.492 e. The lowest BCUT2D eigenvalue weighted by molar-refractivity contribution is 0.0764. The lowest BCUT2D eigenvalue weighted by Gasteiger charge is -2.17. The van der Waals surface area contributed by atoms with Gasteiger partial charge in [-0.3, -0.25) is 9.59 Å². The zero-order valence-electron chi connectivity index (χ0n) is 14.1. The Kier molecular flexibility index (Phi) is 6.64. The molecule has 0 fully saturated rings. The largest absolute Gasteiger partial charge is 0.492 e. The molecular weight excluding hydrogens is 329 g/mol. The standard InChI is InChI=1S/C17H20FN3O4/c1-20(9-12-25-14-5-3-13(18)4-6-14)17(23)15-7-8-16(22)21(19-15)10-11-24-2/h3-8H,9-12H2,1-2H3. The van der Waals surface area contributed by atoms with Crippen molar-refractivity contribution in [1.82, 2.24) is 14.7 Å². The van der Waals surface area contributed by atoms with Gasteiger partial charge in [0.2, 0.25) is 0 Å². The van der Waals surface area contributed by atoms with Gasteiger partial charge in [-0.25, -0.2) is 9.07 Å². The van der Waals surface area contributed by atoms with Crippen molar-refractivity contribution in [1.29, 1.82) is 0 Å². The topological polar surface area (TPSA) is 73.7 Å². The van der Waals surface area contributed by atoms with E-state index in [0.29, 0.717) is 18.9 Å². The minimum absolute atomic E-state index is 0.167. The fourth-order valence-electron chi connectivity index (χ4n) is 2.03. The van der Waals surface area contributed by atoms with Gasteiger partial charge < -0.3 is 14.4 Å². The second-order valence-electron chi connectivity index (χ2n) is 5.30. The van der Waals surface area contributed by atoms with Gasteiger partial charge in [-0.1, -0.05) is 0 Å². The van der Waals surface area contributed by atoms with Crippen LogP contribution < -0.4 is 10.3 Å². The third kappa shape index (κ3) is 5.39. The van der Waals surface area contributed by atoms with Crippen molar-refractivity contribution >= 4 is 5.91 Å². The van der Waals surface area contributed by atoms with Gasteiger partial charge in [-0.15, -0.1) is 0 Å². The van der Waals surface area contributed by atoms with E-state index >= 15 is 0 Å². The van der Waals surface area contributed by atoms with Crippen LogP contribution in [0.15, 0.2) is 41.2 Å². The van der Waals surface area contributed by atoms with Crippen molar-refractivity contribution in [3.8, 4) is 5.75 Å². The number of aromatic nitrogens is 2. The predicted octanol–water partition coefficient (Wildman–Crippen LogP) is 1.18. The third-order valence-corrected chi connectivity index (χ3v) is 3.45. The molecule has 1 aromatic heterocycles.